The summed E-state index contributed by atoms with van der Waals surface area (Å²) in [5.41, 5.74) is 2.26. The summed E-state index contributed by atoms with van der Waals surface area (Å²) in [5, 5.41) is 5.11. The Morgan fingerprint density at radius 1 is 1.06 bits per heavy atom. The average molecular weight is 492 g/mol. The van der Waals surface area contributed by atoms with E-state index in [2.05, 4.69) is 10.3 Å². The number of fused-ring (bicyclic) bond motifs is 1. The number of aromatic nitrogens is 2. The number of carbonyl (C=O) groups is 2. The zero-order chi connectivity index (χ0) is 24.8. The Bertz CT molecular complexity index is 1390. The van der Waals surface area contributed by atoms with E-state index in [1.165, 1.54) is 22.2 Å². The van der Waals surface area contributed by atoms with Crippen LogP contribution in [0.1, 0.15) is 30.6 Å². The van der Waals surface area contributed by atoms with Gasteiger partial charge in [-0.15, -0.1) is 11.3 Å². The summed E-state index contributed by atoms with van der Waals surface area (Å²) < 4.78 is 11.9. The largest absolute Gasteiger partial charge is 0.494 e. The van der Waals surface area contributed by atoms with E-state index >= 15 is 0 Å². The van der Waals surface area contributed by atoms with Crippen molar-refractivity contribution in [3.63, 3.8) is 0 Å². The molecule has 0 spiro atoms. The second-order valence-corrected chi connectivity index (χ2v) is 8.58. The first-order valence-corrected chi connectivity index (χ1v) is 12.1. The van der Waals surface area contributed by atoms with Crippen LogP contribution in [0, 0.1) is 0 Å². The van der Waals surface area contributed by atoms with Gasteiger partial charge in [-0.1, -0.05) is 19.1 Å². The van der Waals surface area contributed by atoms with Gasteiger partial charge < -0.3 is 14.8 Å². The highest BCUT2D eigenvalue weighted by atomic mass is 32.1. The van der Waals surface area contributed by atoms with Crippen LogP contribution in [0.15, 0.2) is 65.0 Å². The van der Waals surface area contributed by atoms with Crippen molar-refractivity contribution >= 4 is 39.1 Å². The lowest BCUT2D eigenvalue weighted by Gasteiger charge is -2.09. The van der Waals surface area contributed by atoms with E-state index in [1.807, 2.05) is 36.6 Å². The van der Waals surface area contributed by atoms with Crippen LogP contribution in [0.3, 0.4) is 0 Å². The lowest BCUT2D eigenvalue weighted by Crippen LogP contribution is -2.27. The molecule has 0 aliphatic heterocycles. The highest BCUT2D eigenvalue weighted by molar-refractivity contribution is 7.17. The molecule has 0 fully saturated rings. The summed E-state index contributed by atoms with van der Waals surface area (Å²) >= 11 is 1.38. The third-order valence-electron chi connectivity index (χ3n) is 5.19. The molecule has 0 aliphatic carbocycles. The standard InChI is InChI=1S/C26H25N3O5S/c1-3-13-34-20-11-7-17(8-12-20)21-15-35-24-23(21)25(31)29(16-27-24)14-22(30)28-19-9-5-18(6-10-19)26(32)33-4-2/h5-12,15-16H,3-4,13-14H2,1-2H3,(H,28,30). The molecule has 4 rings (SSSR count). The van der Waals surface area contributed by atoms with E-state index in [-0.39, 0.29) is 24.6 Å². The van der Waals surface area contributed by atoms with Crippen molar-refractivity contribution in [3.05, 3.63) is 76.2 Å². The van der Waals surface area contributed by atoms with E-state index < -0.39 is 5.97 Å². The van der Waals surface area contributed by atoms with Crippen molar-refractivity contribution in [2.45, 2.75) is 26.8 Å². The van der Waals surface area contributed by atoms with Crippen molar-refractivity contribution in [3.8, 4) is 16.9 Å². The van der Waals surface area contributed by atoms with Crippen molar-refractivity contribution in [1.29, 1.82) is 0 Å². The monoisotopic (exact) mass is 491 g/mol. The molecule has 1 amide bonds. The van der Waals surface area contributed by atoms with Crippen molar-refractivity contribution in [2.75, 3.05) is 18.5 Å². The van der Waals surface area contributed by atoms with Crippen LogP contribution >= 0.6 is 11.3 Å². The minimum atomic E-state index is -0.425. The lowest BCUT2D eigenvalue weighted by atomic mass is 10.1. The minimum Gasteiger partial charge on any atom is -0.494 e. The van der Waals surface area contributed by atoms with Gasteiger partial charge in [-0.2, -0.15) is 0 Å². The molecule has 180 valence electrons. The van der Waals surface area contributed by atoms with Crippen LogP contribution < -0.4 is 15.6 Å². The molecule has 0 saturated heterocycles. The molecular formula is C26H25N3O5S. The Morgan fingerprint density at radius 2 is 1.80 bits per heavy atom. The Kier molecular flexibility index (Phi) is 7.57. The zero-order valence-electron chi connectivity index (χ0n) is 19.4. The first-order chi connectivity index (χ1) is 17.0. The van der Waals surface area contributed by atoms with E-state index in [0.717, 1.165) is 23.3 Å². The summed E-state index contributed by atoms with van der Waals surface area (Å²) in [7, 11) is 0. The molecule has 2 heterocycles. The second-order valence-electron chi connectivity index (χ2n) is 7.73. The van der Waals surface area contributed by atoms with E-state index in [4.69, 9.17) is 9.47 Å². The van der Waals surface area contributed by atoms with Crippen LogP contribution in [-0.2, 0) is 16.1 Å². The molecule has 2 aromatic carbocycles. The number of thiophene rings is 1. The summed E-state index contributed by atoms with van der Waals surface area (Å²) in [6.07, 6.45) is 2.31. The van der Waals surface area contributed by atoms with Gasteiger partial charge >= 0.3 is 5.97 Å². The fraction of sp³-hybridized carbons (Fsp3) is 0.231. The Balaban J connectivity index is 1.51. The second kappa shape index (κ2) is 11.0. The molecule has 0 aliphatic rings. The highest BCUT2D eigenvalue weighted by Gasteiger charge is 2.15. The molecule has 8 nitrogen and oxygen atoms in total. The zero-order valence-corrected chi connectivity index (χ0v) is 20.3. The third-order valence-corrected chi connectivity index (χ3v) is 6.08. The fourth-order valence-corrected chi connectivity index (χ4v) is 4.41. The van der Waals surface area contributed by atoms with Crippen molar-refractivity contribution < 1.29 is 19.1 Å². The summed E-state index contributed by atoms with van der Waals surface area (Å²) in [5.74, 6) is -0.0324. The predicted molar refractivity (Wildman–Crippen MR) is 136 cm³/mol. The number of rotatable bonds is 9. The Hall–Kier alpha value is -3.98. The van der Waals surface area contributed by atoms with E-state index in [1.54, 1.807) is 31.2 Å². The predicted octanol–water partition coefficient (Wildman–Crippen LogP) is 4.73. The topological polar surface area (TPSA) is 99.5 Å². The van der Waals surface area contributed by atoms with Gasteiger partial charge in [0.1, 0.15) is 17.1 Å². The first kappa shape index (κ1) is 24.2. The summed E-state index contributed by atoms with van der Waals surface area (Å²) in [6.45, 7) is 4.52. The van der Waals surface area contributed by atoms with Crippen LogP contribution in [0.2, 0.25) is 0 Å². The van der Waals surface area contributed by atoms with Crippen molar-refractivity contribution in [1.82, 2.24) is 9.55 Å². The number of nitrogens with zero attached hydrogens (tertiary/aromatic N) is 2. The molecule has 4 aromatic rings. The smallest absolute Gasteiger partial charge is 0.338 e. The molecule has 9 heteroatoms. The number of carbonyl (C=O) groups excluding carboxylic acids is 2. The molecule has 1 N–H and O–H groups in total. The van der Waals surface area contributed by atoms with Crippen LogP contribution in [0.4, 0.5) is 5.69 Å². The number of benzene rings is 2. The molecule has 0 radical (unpaired) electrons. The van der Waals surface area contributed by atoms with Gasteiger partial charge in [0.05, 0.1) is 30.5 Å². The number of hydrogen-bond acceptors (Lipinski definition) is 7. The van der Waals surface area contributed by atoms with Crippen LogP contribution in [-0.4, -0.2) is 34.6 Å². The van der Waals surface area contributed by atoms with Gasteiger partial charge in [-0.05, 0) is 55.3 Å². The number of nitrogens with one attached hydrogen (secondary N) is 1. The van der Waals surface area contributed by atoms with E-state index in [0.29, 0.717) is 28.1 Å². The normalized spacial score (nSPS) is 10.8. The first-order valence-electron chi connectivity index (χ1n) is 11.3. The quantitative estimate of drug-likeness (QED) is 0.340. The average Bonchev–Trinajstić information content (AvgIpc) is 3.30. The fourth-order valence-electron chi connectivity index (χ4n) is 3.50. The Labute approximate surface area is 206 Å². The molecule has 0 unspecified atom stereocenters. The molecule has 0 atom stereocenters. The molecule has 0 saturated carbocycles. The van der Waals surface area contributed by atoms with Gasteiger partial charge in [0.15, 0.2) is 0 Å². The molecule has 35 heavy (non-hydrogen) atoms. The Morgan fingerprint density at radius 3 is 2.49 bits per heavy atom. The number of amides is 1. The maximum absolute atomic E-state index is 13.2. The maximum atomic E-state index is 13.2. The number of ether oxygens (including phenoxy) is 2. The van der Waals surface area contributed by atoms with Gasteiger partial charge in [-0.25, -0.2) is 9.78 Å². The highest BCUT2D eigenvalue weighted by Crippen LogP contribution is 2.31. The number of esters is 1. The molecule has 0 bridgehead atoms. The van der Waals surface area contributed by atoms with Gasteiger partial charge in [0, 0.05) is 16.6 Å². The minimum absolute atomic E-state index is 0.194. The van der Waals surface area contributed by atoms with Gasteiger partial charge in [0.2, 0.25) is 5.91 Å². The summed E-state index contributed by atoms with van der Waals surface area (Å²) in [6, 6.07) is 14.0. The molecular weight excluding hydrogens is 466 g/mol. The third kappa shape index (κ3) is 5.58. The number of hydrogen-bond donors (Lipinski definition) is 1. The lowest BCUT2D eigenvalue weighted by molar-refractivity contribution is -0.116. The number of anilines is 1. The van der Waals surface area contributed by atoms with Gasteiger partial charge in [-0.3, -0.25) is 14.2 Å². The van der Waals surface area contributed by atoms with Crippen molar-refractivity contribution in [2.24, 2.45) is 0 Å². The molecule has 2 aromatic heterocycles. The SMILES string of the molecule is CCCOc1ccc(-c2csc3ncn(CC(=O)Nc4ccc(C(=O)OCC)cc4)c(=O)c23)cc1. The van der Waals surface area contributed by atoms with Crippen LogP contribution in [0.25, 0.3) is 21.3 Å². The summed E-state index contributed by atoms with van der Waals surface area (Å²) in [4.78, 5) is 42.6. The van der Waals surface area contributed by atoms with Gasteiger partial charge in [0.25, 0.3) is 5.56 Å². The maximum Gasteiger partial charge on any atom is 0.338 e. The van der Waals surface area contributed by atoms with E-state index in [9.17, 15) is 14.4 Å². The van der Waals surface area contributed by atoms with Crippen LogP contribution in [0.5, 0.6) is 5.75 Å².